The van der Waals surface area contributed by atoms with Gasteiger partial charge >= 0.3 is 0 Å². The van der Waals surface area contributed by atoms with Gasteiger partial charge in [-0.1, -0.05) is 373 Å². The molecule has 5 heterocycles. The number of hydrogen-bond donors (Lipinski definition) is 0. The lowest BCUT2D eigenvalue weighted by Crippen LogP contribution is -2.16. The van der Waals surface area contributed by atoms with Gasteiger partial charge in [0.1, 0.15) is 0 Å². The van der Waals surface area contributed by atoms with Gasteiger partial charge in [0.15, 0.2) is 5.82 Å². The summed E-state index contributed by atoms with van der Waals surface area (Å²) in [5, 5.41) is 11.7. The van der Waals surface area contributed by atoms with Crippen molar-refractivity contribution in [2.75, 3.05) is 0 Å². The van der Waals surface area contributed by atoms with E-state index in [0.717, 1.165) is 100 Å². The molecule has 22 rings (SSSR count). The maximum Gasteiger partial charge on any atom is 0.160 e. The van der Waals surface area contributed by atoms with E-state index in [9.17, 15) is 0 Å². The van der Waals surface area contributed by atoms with Gasteiger partial charge in [-0.15, -0.1) is 0 Å². The monoisotopic (exact) mass is 1430 g/mol. The highest BCUT2D eigenvalue weighted by Gasteiger charge is 2.41. The highest BCUT2D eigenvalue weighted by atomic mass is 14.9. The van der Waals surface area contributed by atoms with Crippen LogP contribution >= 0.6 is 0 Å². The van der Waals surface area contributed by atoms with Crippen molar-refractivity contribution in [2.24, 2.45) is 0 Å². The second kappa shape index (κ2) is 26.3. The number of rotatable bonds is 9. The van der Waals surface area contributed by atoms with Gasteiger partial charge < -0.3 is 0 Å². The van der Waals surface area contributed by atoms with Crippen molar-refractivity contribution in [1.82, 2.24) is 29.9 Å². The second-order valence-corrected chi connectivity index (χ2v) is 30.7. The summed E-state index contributed by atoms with van der Waals surface area (Å²) < 4.78 is 0. The van der Waals surface area contributed by atoms with Gasteiger partial charge in [0.2, 0.25) is 0 Å². The highest BCUT2D eigenvalue weighted by Crippen LogP contribution is 2.56. The molecular weight excluding hydrogens is 1360 g/mol. The van der Waals surface area contributed by atoms with Gasteiger partial charge in [-0.05, 0) is 107 Å². The first-order valence-corrected chi connectivity index (χ1v) is 38.6. The molecule has 0 N–H and O–H groups in total. The maximum atomic E-state index is 5.48. The molecule has 6 heteroatoms. The standard InChI is InChI=1S/C54H37N3.C52H35N3/c1-54(2)46-24-14-13-23-44(46)52-50(54)49(45-30-29-34-15-9-10-20-40(34)51(45)57-52)37-27-25-35(26-28-37)39-31-32-43(42-22-12-11-21-41(39)42)48-33-47(36-16-5-3-6-17-36)55-53(56-48)38-18-7-4-8-19-38;1-52(2)43-15-9-8-14-41(43)51-47(52)46(42-29-26-34-10-6-7-13-40(34)50(42)55-51)37-22-18-33(19-23-37)32-16-20-36(21-17-32)45-31-28-39-25-24-38-27-30-44(35-11-4-3-5-12-35)53-48(38)49(39)54-45/h3-33H,1-2H3;3-31H,1-2H3. The van der Waals surface area contributed by atoms with Crippen molar-refractivity contribution in [3.05, 3.63) is 386 Å². The predicted octanol–water partition coefficient (Wildman–Crippen LogP) is 27.4. The Morgan fingerprint density at radius 3 is 1.05 bits per heavy atom. The lowest BCUT2D eigenvalue weighted by molar-refractivity contribution is 0.661. The Labute approximate surface area is 649 Å². The Bertz CT molecular complexity index is 7140. The van der Waals surface area contributed by atoms with Crippen molar-refractivity contribution in [2.45, 2.75) is 38.5 Å². The van der Waals surface area contributed by atoms with Crippen molar-refractivity contribution in [3.63, 3.8) is 0 Å². The van der Waals surface area contributed by atoms with Crippen molar-refractivity contribution in [3.8, 4) is 123 Å². The molecule has 526 valence electrons. The van der Waals surface area contributed by atoms with E-state index in [0.29, 0.717) is 5.82 Å². The van der Waals surface area contributed by atoms with E-state index in [4.69, 9.17) is 29.9 Å². The van der Waals surface area contributed by atoms with Crippen LogP contribution in [0.2, 0.25) is 0 Å². The van der Waals surface area contributed by atoms with Crippen LogP contribution < -0.4 is 0 Å². The van der Waals surface area contributed by atoms with Crippen LogP contribution in [0.5, 0.6) is 0 Å². The number of aromatic nitrogens is 6. The van der Waals surface area contributed by atoms with Crippen LogP contribution in [-0.4, -0.2) is 29.9 Å². The van der Waals surface area contributed by atoms with E-state index in [1.165, 1.54) is 116 Å². The molecular formula is C106H72N6. The van der Waals surface area contributed by atoms with E-state index < -0.39 is 0 Å². The summed E-state index contributed by atoms with van der Waals surface area (Å²) in [6.07, 6.45) is 0. The molecule has 0 bridgehead atoms. The Balaban J connectivity index is 0.000000142. The van der Waals surface area contributed by atoms with E-state index >= 15 is 0 Å². The minimum Gasteiger partial charge on any atom is -0.247 e. The third kappa shape index (κ3) is 10.9. The minimum absolute atomic E-state index is 0.189. The zero-order valence-electron chi connectivity index (χ0n) is 62.3. The Morgan fingerprint density at radius 1 is 0.196 bits per heavy atom. The van der Waals surface area contributed by atoms with Gasteiger partial charge in [0.25, 0.3) is 0 Å². The van der Waals surface area contributed by atoms with Gasteiger partial charge in [-0.3, -0.25) is 0 Å². The molecule has 0 aliphatic heterocycles. The number of fused-ring (bicyclic) bond motifs is 16. The predicted molar refractivity (Wildman–Crippen MR) is 466 cm³/mol. The van der Waals surface area contributed by atoms with Crippen LogP contribution in [0.15, 0.2) is 364 Å². The van der Waals surface area contributed by atoms with E-state index in [-0.39, 0.29) is 10.8 Å². The maximum absolute atomic E-state index is 5.48. The summed E-state index contributed by atoms with van der Waals surface area (Å²) in [4.78, 5) is 31.4. The minimum atomic E-state index is -0.208. The highest BCUT2D eigenvalue weighted by molar-refractivity contribution is 6.15. The Hall–Kier alpha value is -14.2. The van der Waals surface area contributed by atoms with Gasteiger partial charge in [-0.25, -0.2) is 29.9 Å². The summed E-state index contributed by atoms with van der Waals surface area (Å²) in [7, 11) is 0. The first-order chi connectivity index (χ1) is 55.0. The number of benzene rings is 15. The average molecular weight is 1430 g/mol. The van der Waals surface area contributed by atoms with Crippen LogP contribution in [0.3, 0.4) is 0 Å². The summed E-state index contributed by atoms with van der Waals surface area (Å²) in [5.41, 5.74) is 32.1. The molecule has 0 atom stereocenters. The van der Waals surface area contributed by atoms with Crippen LogP contribution in [0.1, 0.15) is 49.9 Å². The molecule has 0 saturated heterocycles. The van der Waals surface area contributed by atoms with Gasteiger partial charge in [0.05, 0.1) is 56.2 Å². The zero-order valence-corrected chi connectivity index (χ0v) is 62.3. The largest absolute Gasteiger partial charge is 0.247 e. The smallest absolute Gasteiger partial charge is 0.160 e. The fourth-order valence-electron chi connectivity index (χ4n) is 18.0. The molecule has 6 nitrogen and oxygen atoms in total. The van der Waals surface area contributed by atoms with Crippen molar-refractivity contribution in [1.29, 1.82) is 0 Å². The third-order valence-corrected chi connectivity index (χ3v) is 23.5. The van der Waals surface area contributed by atoms with Crippen LogP contribution in [0.25, 0.3) is 199 Å². The normalized spacial score (nSPS) is 13.0. The van der Waals surface area contributed by atoms with E-state index in [1.54, 1.807) is 0 Å². The van der Waals surface area contributed by atoms with Crippen LogP contribution in [0, 0.1) is 0 Å². The molecule has 2 aliphatic carbocycles. The quantitative estimate of drug-likeness (QED) is 0.134. The summed E-state index contributed by atoms with van der Waals surface area (Å²) in [5.74, 6) is 0.713. The molecule has 112 heavy (non-hydrogen) atoms. The molecule has 5 aromatic heterocycles. The van der Waals surface area contributed by atoms with E-state index in [1.807, 2.05) is 42.5 Å². The molecule has 0 unspecified atom stereocenters. The second-order valence-electron chi connectivity index (χ2n) is 30.7. The zero-order chi connectivity index (χ0) is 74.8. The van der Waals surface area contributed by atoms with Crippen LogP contribution in [-0.2, 0) is 10.8 Å². The third-order valence-electron chi connectivity index (χ3n) is 23.5. The Morgan fingerprint density at radius 2 is 0.554 bits per heavy atom. The van der Waals surface area contributed by atoms with Crippen molar-refractivity contribution < 1.29 is 0 Å². The first kappa shape index (κ1) is 66.0. The summed E-state index contributed by atoms with van der Waals surface area (Å²) in [6, 6.07) is 130. The summed E-state index contributed by atoms with van der Waals surface area (Å²) in [6.45, 7) is 9.39. The molecule has 0 saturated carbocycles. The molecule has 0 fully saturated rings. The first-order valence-electron chi connectivity index (χ1n) is 38.6. The molecule has 20 aromatic rings. The molecule has 0 radical (unpaired) electrons. The molecule has 0 spiro atoms. The fraction of sp³-hybridized carbons (Fsp3) is 0.0566. The number of hydrogen-bond acceptors (Lipinski definition) is 6. The van der Waals surface area contributed by atoms with Gasteiger partial charge in [-0.2, -0.15) is 0 Å². The summed E-state index contributed by atoms with van der Waals surface area (Å²) >= 11 is 0. The van der Waals surface area contributed by atoms with Gasteiger partial charge in [0, 0.05) is 82.1 Å². The fourth-order valence-corrected chi connectivity index (χ4v) is 18.0. The van der Waals surface area contributed by atoms with E-state index in [2.05, 4.69) is 349 Å². The van der Waals surface area contributed by atoms with Crippen LogP contribution in [0.4, 0.5) is 0 Å². The lowest BCUT2D eigenvalue weighted by atomic mass is 9.78. The van der Waals surface area contributed by atoms with Crippen molar-refractivity contribution >= 4 is 75.9 Å². The molecule has 0 amide bonds. The Kier molecular flexibility index (Phi) is 15.5. The molecule has 2 aliphatic rings. The number of pyridine rings is 4. The lowest BCUT2D eigenvalue weighted by Gasteiger charge is -2.25. The topological polar surface area (TPSA) is 77.3 Å². The SMILES string of the molecule is CC1(C)c2ccccc2-c2nc3c(ccc4ccccc43)c(-c3ccc(-c4ccc(-c5cc(-c6ccccc6)nc(-c6ccccc6)n5)c5ccccc45)cc3)c21.CC1(C)c2ccccc2-c2nc3c(ccc4ccccc43)c(-c3ccc(-c4ccc(-c5ccc6ccc7ccc(-c8ccccc8)nc7c6n5)cc4)cc3)c21. The average Bonchev–Trinajstić information content (AvgIpc) is 1.53. The molecule has 15 aromatic carbocycles. The number of nitrogens with zero attached hydrogens (tertiary/aromatic N) is 6.